The van der Waals surface area contributed by atoms with E-state index in [0.29, 0.717) is 0 Å². The number of hydrogen-bond donors (Lipinski definition) is 0. The molecule has 0 atom stereocenters. The zero-order valence-electron chi connectivity index (χ0n) is 51.2. The van der Waals surface area contributed by atoms with E-state index < -0.39 is 0 Å². The molecule has 0 aliphatic rings. The molecule has 9 aromatic carbocycles. The Kier molecular flexibility index (Phi) is 13.5. The molecule has 0 spiro atoms. The summed E-state index contributed by atoms with van der Waals surface area (Å²) < 4.78 is 0. The first-order valence-corrected chi connectivity index (χ1v) is 31.6. The van der Waals surface area contributed by atoms with Crippen molar-refractivity contribution in [2.24, 2.45) is 0 Å². The van der Waals surface area contributed by atoms with Crippen LogP contribution in [0.15, 0.2) is 304 Å². The fraction of sp³-hybridized carbons (Fsp3) is 0. The van der Waals surface area contributed by atoms with Gasteiger partial charge in [0.15, 0.2) is 0 Å². The fourth-order valence-corrected chi connectivity index (χ4v) is 13.2. The molecule has 19 rings (SSSR count). The molecule has 0 saturated carbocycles. The van der Waals surface area contributed by atoms with Crippen molar-refractivity contribution in [1.29, 1.82) is 0 Å². The lowest BCUT2D eigenvalue weighted by atomic mass is 9.95. The molecule has 12 heteroatoms. The molecule has 0 N–H and O–H groups in total. The van der Waals surface area contributed by atoms with Crippen molar-refractivity contribution in [3.63, 3.8) is 0 Å². The SMILES string of the molecule is c1cnc2c(c1)cc(-c1ccc(-c3ccc4cc(-c5ccc6nc(-c7ccncn7)ccc6c5)ccc4n3)cc1)c1cccnc12.c1cnc2c(c1)ccc1ccc(-c3ccc(-c4ccc5cc(-c6ccc7nc(-c8ccncn8)ccc7c6)ccc5n4)c4ccccc34)nc12. The first kappa shape index (κ1) is 55.5. The number of benzene rings is 9. The molecule has 0 radical (unpaired) electrons. The summed E-state index contributed by atoms with van der Waals surface area (Å²) in [5.41, 5.74) is 23.6. The molecule has 19 aromatic rings. The Morgan fingerprint density at radius 1 is 0.188 bits per heavy atom. The van der Waals surface area contributed by atoms with E-state index in [0.717, 1.165) is 188 Å². The molecule has 0 aliphatic heterocycles. The molecular weight excluding hydrogens is 1180 g/mol. The van der Waals surface area contributed by atoms with Crippen molar-refractivity contribution in [2.75, 3.05) is 0 Å². The van der Waals surface area contributed by atoms with Crippen LogP contribution in [0.5, 0.6) is 0 Å². The van der Waals surface area contributed by atoms with E-state index in [4.69, 9.17) is 24.9 Å². The minimum Gasteiger partial charge on any atom is -0.254 e. The van der Waals surface area contributed by atoms with Gasteiger partial charge < -0.3 is 0 Å². The van der Waals surface area contributed by atoms with Crippen molar-refractivity contribution in [1.82, 2.24) is 59.8 Å². The van der Waals surface area contributed by atoms with Crippen LogP contribution in [0.1, 0.15) is 0 Å². The van der Waals surface area contributed by atoms with Gasteiger partial charge in [-0.15, -0.1) is 0 Å². The summed E-state index contributed by atoms with van der Waals surface area (Å²) in [6, 6.07) is 90.5. The third-order valence-corrected chi connectivity index (χ3v) is 18.0. The zero-order chi connectivity index (χ0) is 63.5. The lowest BCUT2D eigenvalue weighted by Crippen LogP contribution is -1.92. The summed E-state index contributed by atoms with van der Waals surface area (Å²) in [6.07, 6.45) is 12.0. The zero-order valence-corrected chi connectivity index (χ0v) is 51.2. The Labute approximate surface area is 549 Å². The Morgan fingerprint density at radius 3 is 1.11 bits per heavy atom. The quantitative estimate of drug-likeness (QED) is 0.133. The Bertz CT molecular complexity index is 6290. The summed E-state index contributed by atoms with van der Waals surface area (Å²) in [7, 11) is 0. The number of pyridine rings is 8. The van der Waals surface area contributed by atoms with Crippen LogP contribution in [-0.4, -0.2) is 59.8 Å². The van der Waals surface area contributed by atoms with Crippen LogP contribution in [0.2, 0.25) is 0 Å². The Balaban J connectivity index is 0.000000141. The average Bonchev–Trinajstić information content (AvgIpc) is 0.787. The van der Waals surface area contributed by atoms with E-state index in [9.17, 15) is 0 Å². The summed E-state index contributed by atoms with van der Waals surface area (Å²) in [5.74, 6) is 0. The van der Waals surface area contributed by atoms with Gasteiger partial charge >= 0.3 is 0 Å². The van der Waals surface area contributed by atoms with Gasteiger partial charge in [0.25, 0.3) is 0 Å². The van der Waals surface area contributed by atoms with E-state index in [1.165, 1.54) is 0 Å². The molecule has 10 heterocycles. The van der Waals surface area contributed by atoms with E-state index in [1.54, 1.807) is 25.0 Å². The summed E-state index contributed by atoms with van der Waals surface area (Å²) in [5, 5.41) is 11.0. The smallest absolute Gasteiger partial charge is 0.116 e. The third-order valence-electron chi connectivity index (χ3n) is 18.0. The van der Waals surface area contributed by atoms with Crippen molar-refractivity contribution < 1.29 is 0 Å². The summed E-state index contributed by atoms with van der Waals surface area (Å²) in [6.45, 7) is 0. The summed E-state index contributed by atoms with van der Waals surface area (Å²) in [4.78, 5) is 55.6. The second-order valence-electron chi connectivity index (χ2n) is 23.7. The largest absolute Gasteiger partial charge is 0.254 e. The molecule has 0 aliphatic carbocycles. The maximum absolute atomic E-state index is 5.15. The average molecular weight is 1230 g/mol. The van der Waals surface area contributed by atoms with Gasteiger partial charge in [0, 0.05) is 90.8 Å². The first-order valence-electron chi connectivity index (χ1n) is 31.6. The van der Waals surface area contributed by atoms with Gasteiger partial charge in [0.1, 0.15) is 12.7 Å². The summed E-state index contributed by atoms with van der Waals surface area (Å²) >= 11 is 0. The molecule has 0 amide bonds. The molecule has 0 fully saturated rings. The highest BCUT2D eigenvalue weighted by molar-refractivity contribution is 6.11. The lowest BCUT2D eigenvalue weighted by Gasteiger charge is -2.13. The Morgan fingerprint density at radius 2 is 0.583 bits per heavy atom. The molecular formula is C84H50N12. The highest BCUT2D eigenvalue weighted by Crippen LogP contribution is 2.39. The number of aromatic nitrogens is 12. The molecule has 0 bridgehead atoms. The molecule has 12 nitrogen and oxygen atoms in total. The van der Waals surface area contributed by atoms with Gasteiger partial charge in [-0.3, -0.25) is 15.0 Å². The van der Waals surface area contributed by atoms with E-state index >= 15 is 0 Å². The molecule has 0 unspecified atom stereocenters. The number of nitrogens with zero attached hydrogens (tertiary/aromatic N) is 12. The normalized spacial score (nSPS) is 11.5. The van der Waals surface area contributed by atoms with Crippen LogP contribution in [0.25, 0.3) is 188 Å². The second-order valence-corrected chi connectivity index (χ2v) is 23.7. The van der Waals surface area contributed by atoms with Crippen LogP contribution in [0, 0.1) is 0 Å². The molecule has 10 aromatic heterocycles. The number of rotatable bonds is 8. The minimum atomic E-state index is 0.810. The van der Waals surface area contributed by atoms with E-state index in [1.807, 2.05) is 61.1 Å². The van der Waals surface area contributed by atoms with Crippen LogP contribution in [0.4, 0.5) is 0 Å². The maximum Gasteiger partial charge on any atom is 0.116 e. The Hall–Kier alpha value is -13.3. The first-order chi connectivity index (χ1) is 47.5. The third kappa shape index (κ3) is 10.2. The van der Waals surface area contributed by atoms with Gasteiger partial charge in [0.05, 0.1) is 84.0 Å². The van der Waals surface area contributed by atoms with Gasteiger partial charge in [-0.25, -0.2) is 44.9 Å². The van der Waals surface area contributed by atoms with E-state index in [-0.39, 0.29) is 0 Å². The van der Waals surface area contributed by atoms with Crippen LogP contribution < -0.4 is 0 Å². The van der Waals surface area contributed by atoms with Crippen molar-refractivity contribution >= 4 is 98.0 Å². The predicted octanol–water partition coefficient (Wildman–Crippen LogP) is 19.8. The van der Waals surface area contributed by atoms with Gasteiger partial charge in [-0.05, 0) is 159 Å². The number of fused-ring (bicyclic) bond motifs is 11. The van der Waals surface area contributed by atoms with Crippen LogP contribution in [0.3, 0.4) is 0 Å². The highest BCUT2D eigenvalue weighted by atomic mass is 14.9. The maximum atomic E-state index is 5.15. The topological polar surface area (TPSA) is 155 Å². The molecule has 446 valence electrons. The molecule has 0 saturated heterocycles. The monoisotopic (exact) mass is 1230 g/mol. The standard InChI is InChI=1S/C44H26N6.C40H24N6/c1-2-6-34-33(5-1)35(14-15-36(34)40-18-9-28-8-7-27-4-3-22-46-43(27)44(28)50-40)39-19-12-31-24-29(10-16-37(31)48-39)30-11-17-38-32(25-30)13-20-42(49-38)41-21-23-45-26-47-41;1-3-31-23-33(32-4-2-19-43-40(32)39(31)42-18-1)25-5-7-26(8-6-25)34-15-11-29-21-27(9-13-35(29)45-34)28-10-14-36-30(22-28)12-16-38(46-36)37-17-20-41-24-44-37/h1-26H;1-24H. The van der Waals surface area contributed by atoms with Crippen LogP contribution >= 0.6 is 0 Å². The highest BCUT2D eigenvalue weighted by Gasteiger charge is 2.17. The van der Waals surface area contributed by atoms with Crippen molar-refractivity contribution in [3.05, 3.63) is 304 Å². The minimum absolute atomic E-state index is 0.810. The van der Waals surface area contributed by atoms with E-state index in [2.05, 4.69) is 253 Å². The fourth-order valence-electron chi connectivity index (χ4n) is 13.2. The molecule has 96 heavy (non-hydrogen) atoms. The van der Waals surface area contributed by atoms with Crippen molar-refractivity contribution in [2.45, 2.75) is 0 Å². The van der Waals surface area contributed by atoms with Gasteiger partial charge in [-0.1, -0.05) is 146 Å². The number of hydrogen-bond acceptors (Lipinski definition) is 12. The lowest BCUT2D eigenvalue weighted by molar-refractivity contribution is 1.16. The second kappa shape index (κ2) is 23.4. The predicted molar refractivity (Wildman–Crippen MR) is 387 cm³/mol. The van der Waals surface area contributed by atoms with Crippen LogP contribution in [-0.2, 0) is 0 Å². The van der Waals surface area contributed by atoms with Gasteiger partial charge in [-0.2, -0.15) is 0 Å². The van der Waals surface area contributed by atoms with Gasteiger partial charge in [0.2, 0.25) is 0 Å². The van der Waals surface area contributed by atoms with Crippen molar-refractivity contribution in [3.8, 4) is 89.9 Å².